The van der Waals surface area contributed by atoms with Crippen LogP contribution in [0.5, 0.6) is 0 Å². The van der Waals surface area contributed by atoms with Gasteiger partial charge in [-0.05, 0) is 63.4 Å². The van der Waals surface area contributed by atoms with Gasteiger partial charge >= 0.3 is 0 Å². The fourth-order valence-corrected chi connectivity index (χ4v) is 2.92. The number of rotatable bonds is 2. The van der Waals surface area contributed by atoms with Crippen molar-refractivity contribution in [1.82, 2.24) is 14.9 Å². The Hall–Kier alpha value is -1.35. The molecule has 0 atom stereocenters. The molecule has 3 rings (SSSR count). The molecule has 1 aliphatic rings. The van der Waals surface area contributed by atoms with Crippen molar-refractivity contribution in [3.05, 3.63) is 30.1 Å². The van der Waals surface area contributed by atoms with Crippen molar-refractivity contribution in [2.24, 2.45) is 0 Å². The molecule has 3 nitrogen and oxygen atoms in total. The van der Waals surface area contributed by atoms with Gasteiger partial charge in [0.1, 0.15) is 0 Å². The second-order valence-corrected chi connectivity index (χ2v) is 5.58. The summed E-state index contributed by atoms with van der Waals surface area (Å²) >= 11 is 0. The Kier molecular flexibility index (Phi) is 3.08. The third-order valence-corrected chi connectivity index (χ3v) is 4.15. The molecule has 1 N–H and O–H groups in total. The number of aromatic nitrogens is 2. The molecule has 0 radical (unpaired) electrons. The predicted octanol–water partition coefficient (Wildman–Crippen LogP) is 3.15. The van der Waals surface area contributed by atoms with Gasteiger partial charge in [-0.25, -0.2) is 0 Å². The SMILES string of the molecule is CC(C)N1CCC(c2cnc3cc[nH]c3c2)CC1. The Bertz CT molecular complexity index is 521. The van der Waals surface area contributed by atoms with Gasteiger partial charge in [0.15, 0.2) is 0 Å². The largest absolute Gasteiger partial charge is 0.360 e. The van der Waals surface area contributed by atoms with Gasteiger partial charge in [-0.1, -0.05) is 0 Å². The highest BCUT2D eigenvalue weighted by Gasteiger charge is 2.22. The van der Waals surface area contributed by atoms with Gasteiger partial charge in [-0.2, -0.15) is 0 Å². The summed E-state index contributed by atoms with van der Waals surface area (Å²) in [6, 6.07) is 4.98. The van der Waals surface area contributed by atoms with Crippen LogP contribution in [-0.2, 0) is 0 Å². The van der Waals surface area contributed by atoms with E-state index in [4.69, 9.17) is 0 Å². The van der Waals surface area contributed by atoms with E-state index in [1.165, 1.54) is 37.0 Å². The van der Waals surface area contributed by atoms with E-state index >= 15 is 0 Å². The Morgan fingerprint density at radius 1 is 1.33 bits per heavy atom. The zero-order valence-electron chi connectivity index (χ0n) is 11.2. The first-order chi connectivity index (χ1) is 8.74. The highest BCUT2D eigenvalue weighted by molar-refractivity contribution is 5.75. The fraction of sp³-hybridized carbons (Fsp3) is 0.533. The minimum Gasteiger partial charge on any atom is -0.360 e. The molecular formula is C15H21N3. The van der Waals surface area contributed by atoms with Crippen LogP contribution in [0.2, 0.25) is 0 Å². The van der Waals surface area contributed by atoms with Crippen molar-refractivity contribution in [2.45, 2.75) is 38.6 Å². The van der Waals surface area contributed by atoms with Crippen molar-refractivity contribution in [1.29, 1.82) is 0 Å². The number of hydrogen-bond acceptors (Lipinski definition) is 2. The van der Waals surface area contributed by atoms with Crippen LogP contribution in [0.25, 0.3) is 11.0 Å². The lowest BCUT2D eigenvalue weighted by Crippen LogP contribution is -2.37. The molecule has 18 heavy (non-hydrogen) atoms. The average molecular weight is 243 g/mol. The molecule has 1 saturated heterocycles. The second-order valence-electron chi connectivity index (χ2n) is 5.58. The third kappa shape index (κ3) is 2.15. The van der Waals surface area contributed by atoms with Crippen molar-refractivity contribution < 1.29 is 0 Å². The molecule has 0 unspecified atom stereocenters. The minimum atomic E-state index is 0.676. The van der Waals surface area contributed by atoms with E-state index in [-0.39, 0.29) is 0 Å². The number of aromatic amines is 1. The molecule has 0 aromatic carbocycles. The quantitative estimate of drug-likeness (QED) is 0.878. The van der Waals surface area contributed by atoms with Gasteiger partial charge in [0.2, 0.25) is 0 Å². The lowest BCUT2D eigenvalue weighted by Gasteiger charge is -2.34. The van der Waals surface area contributed by atoms with Crippen LogP contribution >= 0.6 is 0 Å². The maximum Gasteiger partial charge on any atom is 0.0878 e. The molecule has 0 saturated carbocycles. The zero-order chi connectivity index (χ0) is 12.5. The predicted molar refractivity (Wildman–Crippen MR) is 74.8 cm³/mol. The highest BCUT2D eigenvalue weighted by atomic mass is 15.1. The summed E-state index contributed by atoms with van der Waals surface area (Å²) in [4.78, 5) is 10.3. The fourth-order valence-electron chi connectivity index (χ4n) is 2.92. The van der Waals surface area contributed by atoms with Crippen LogP contribution in [0.4, 0.5) is 0 Å². The summed E-state index contributed by atoms with van der Waals surface area (Å²) in [5.41, 5.74) is 3.63. The normalized spacial score (nSPS) is 18.8. The van der Waals surface area contributed by atoms with Crippen LogP contribution in [-0.4, -0.2) is 34.0 Å². The Labute approximate surface area is 108 Å². The molecule has 2 aromatic heterocycles. The van der Waals surface area contributed by atoms with Gasteiger partial charge in [-0.3, -0.25) is 4.98 Å². The van der Waals surface area contributed by atoms with Crippen molar-refractivity contribution in [3.8, 4) is 0 Å². The van der Waals surface area contributed by atoms with Crippen molar-refractivity contribution in [2.75, 3.05) is 13.1 Å². The molecule has 0 bridgehead atoms. The third-order valence-electron chi connectivity index (χ3n) is 4.15. The topological polar surface area (TPSA) is 31.9 Å². The molecule has 1 aliphatic heterocycles. The molecule has 3 heteroatoms. The number of nitrogens with zero attached hydrogens (tertiary/aromatic N) is 2. The van der Waals surface area contributed by atoms with Crippen LogP contribution < -0.4 is 0 Å². The Morgan fingerprint density at radius 2 is 2.11 bits per heavy atom. The van der Waals surface area contributed by atoms with E-state index in [9.17, 15) is 0 Å². The van der Waals surface area contributed by atoms with Crippen molar-refractivity contribution >= 4 is 11.0 Å². The smallest absolute Gasteiger partial charge is 0.0878 e. The van der Waals surface area contributed by atoms with Crippen LogP contribution in [0.15, 0.2) is 24.5 Å². The lowest BCUT2D eigenvalue weighted by atomic mass is 9.90. The second kappa shape index (κ2) is 4.73. The maximum atomic E-state index is 4.53. The monoisotopic (exact) mass is 243 g/mol. The van der Waals surface area contributed by atoms with E-state index in [0.29, 0.717) is 12.0 Å². The van der Waals surface area contributed by atoms with Crippen LogP contribution in [0.1, 0.15) is 38.2 Å². The number of likely N-dealkylation sites (tertiary alicyclic amines) is 1. The molecule has 1 fully saturated rings. The molecule has 0 amide bonds. The van der Waals surface area contributed by atoms with Gasteiger partial charge < -0.3 is 9.88 Å². The van der Waals surface area contributed by atoms with E-state index < -0.39 is 0 Å². The number of piperidine rings is 1. The minimum absolute atomic E-state index is 0.676. The molecule has 2 aromatic rings. The Morgan fingerprint density at radius 3 is 2.83 bits per heavy atom. The number of pyridine rings is 1. The molecule has 3 heterocycles. The summed E-state index contributed by atoms with van der Waals surface area (Å²) < 4.78 is 0. The first kappa shape index (κ1) is 11.7. The number of hydrogen-bond donors (Lipinski definition) is 1. The van der Waals surface area contributed by atoms with Crippen LogP contribution in [0.3, 0.4) is 0 Å². The number of H-pyrrole nitrogens is 1. The molecule has 96 valence electrons. The van der Waals surface area contributed by atoms with E-state index in [2.05, 4.69) is 41.0 Å². The van der Waals surface area contributed by atoms with E-state index in [1.807, 2.05) is 12.3 Å². The summed E-state index contributed by atoms with van der Waals surface area (Å²) in [5.74, 6) is 0.681. The van der Waals surface area contributed by atoms with E-state index in [0.717, 1.165) is 5.52 Å². The zero-order valence-corrected chi connectivity index (χ0v) is 11.2. The standard InChI is InChI=1S/C15H21N3/c1-11(2)18-7-4-12(5-8-18)13-9-15-14(17-10-13)3-6-16-15/h3,6,9-12,16H,4-5,7-8H2,1-2H3. The van der Waals surface area contributed by atoms with Gasteiger partial charge in [0.05, 0.1) is 11.0 Å². The van der Waals surface area contributed by atoms with Gasteiger partial charge in [0.25, 0.3) is 0 Å². The highest BCUT2D eigenvalue weighted by Crippen LogP contribution is 2.29. The summed E-state index contributed by atoms with van der Waals surface area (Å²) in [6.45, 7) is 7.00. The summed E-state index contributed by atoms with van der Waals surface area (Å²) in [7, 11) is 0. The first-order valence-corrected chi connectivity index (χ1v) is 6.91. The average Bonchev–Trinajstić information content (AvgIpc) is 2.86. The molecular weight excluding hydrogens is 222 g/mol. The van der Waals surface area contributed by atoms with Crippen molar-refractivity contribution in [3.63, 3.8) is 0 Å². The molecule has 0 aliphatic carbocycles. The first-order valence-electron chi connectivity index (χ1n) is 6.91. The number of nitrogens with one attached hydrogen (secondary N) is 1. The van der Waals surface area contributed by atoms with Gasteiger partial charge in [0, 0.05) is 18.4 Å². The number of fused-ring (bicyclic) bond motifs is 1. The van der Waals surface area contributed by atoms with Crippen LogP contribution in [0, 0.1) is 0 Å². The maximum absolute atomic E-state index is 4.53. The summed E-state index contributed by atoms with van der Waals surface area (Å²) in [6.07, 6.45) is 6.53. The Balaban J connectivity index is 1.75. The summed E-state index contributed by atoms with van der Waals surface area (Å²) in [5, 5.41) is 0. The van der Waals surface area contributed by atoms with Gasteiger partial charge in [-0.15, -0.1) is 0 Å². The lowest BCUT2D eigenvalue weighted by molar-refractivity contribution is 0.172. The van der Waals surface area contributed by atoms with E-state index in [1.54, 1.807) is 0 Å². The molecule has 0 spiro atoms.